The molecule has 0 unspecified atom stereocenters. The van der Waals surface area contributed by atoms with Crippen LogP contribution in [0.15, 0.2) is 0 Å². The highest BCUT2D eigenvalue weighted by atomic mass is 16.2. The normalized spacial score (nSPS) is 15.1. The van der Waals surface area contributed by atoms with Crippen molar-refractivity contribution in [2.75, 3.05) is 19.6 Å². The van der Waals surface area contributed by atoms with E-state index >= 15 is 0 Å². The highest BCUT2D eigenvalue weighted by molar-refractivity contribution is 5.81. The van der Waals surface area contributed by atoms with Crippen molar-refractivity contribution >= 4 is 11.8 Å². The summed E-state index contributed by atoms with van der Waals surface area (Å²) in [7, 11) is 0. The van der Waals surface area contributed by atoms with Gasteiger partial charge in [-0.25, -0.2) is 0 Å². The smallest absolute Gasteiger partial charge is 0.234 e. The summed E-state index contributed by atoms with van der Waals surface area (Å²) in [6.45, 7) is 7.09. The summed E-state index contributed by atoms with van der Waals surface area (Å²) >= 11 is 0. The molecule has 0 saturated heterocycles. The van der Waals surface area contributed by atoms with E-state index in [1.807, 2.05) is 25.7 Å². The predicted molar refractivity (Wildman–Crippen MR) is 66.6 cm³/mol. The molecule has 0 aliphatic heterocycles. The second kappa shape index (κ2) is 6.59. The molecule has 1 aliphatic carbocycles. The second-order valence-electron chi connectivity index (χ2n) is 4.87. The van der Waals surface area contributed by atoms with Crippen molar-refractivity contribution < 1.29 is 9.59 Å². The van der Waals surface area contributed by atoms with Crippen LogP contribution in [0, 0.1) is 0 Å². The van der Waals surface area contributed by atoms with E-state index < -0.39 is 0 Å². The van der Waals surface area contributed by atoms with Crippen LogP contribution in [0.2, 0.25) is 0 Å². The third-order valence-electron chi connectivity index (χ3n) is 2.57. The van der Waals surface area contributed by atoms with Crippen molar-refractivity contribution in [3.8, 4) is 0 Å². The molecular weight excluding hydrogens is 218 g/mol. The SMILES string of the molecule is CCN(CC(=O)NC(C)C)CC(=O)NC1CC1. The Hall–Kier alpha value is -1.10. The molecule has 1 saturated carbocycles. The molecule has 5 nitrogen and oxygen atoms in total. The molecule has 17 heavy (non-hydrogen) atoms. The van der Waals surface area contributed by atoms with Gasteiger partial charge in [-0.15, -0.1) is 0 Å². The van der Waals surface area contributed by atoms with Gasteiger partial charge in [-0.2, -0.15) is 0 Å². The van der Waals surface area contributed by atoms with Gasteiger partial charge in [0.15, 0.2) is 0 Å². The standard InChI is InChI=1S/C12H23N3O2/c1-4-15(7-11(16)13-9(2)3)8-12(17)14-10-5-6-10/h9-10H,4-8H2,1-3H3,(H,13,16)(H,14,17). The molecule has 1 rings (SSSR count). The molecular formula is C12H23N3O2. The molecule has 0 aromatic rings. The van der Waals surface area contributed by atoms with Gasteiger partial charge in [0.2, 0.25) is 11.8 Å². The molecule has 0 aromatic carbocycles. The van der Waals surface area contributed by atoms with Gasteiger partial charge in [-0.05, 0) is 33.2 Å². The maximum atomic E-state index is 11.6. The number of likely N-dealkylation sites (N-methyl/N-ethyl adjacent to an activating group) is 1. The Morgan fingerprint density at radius 2 is 1.82 bits per heavy atom. The lowest BCUT2D eigenvalue weighted by atomic mass is 10.3. The average Bonchev–Trinajstić information content (AvgIpc) is 2.99. The largest absolute Gasteiger partial charge is 0.353 e. The van der Waals surface area contributed by atoms with Gasteiger partial charge >= 0.3 is 0 Å². The maximum absolute atomic E-state index is 11.6. The van der Waals surface area contributed by atoms with Gasteiger partial charge in [0.05, 0.1) is 13.1 Å². The minimum atomic E-state index is -0.0268. The van der Waals surface area contributed by atoms with Crippen LogP contribution in [0.4, 0.5) is 0 Å². The summed E-state index contributed by atoms with van der Waals surface area (Å²) in [5.74, 6) is -0.00670. The lowest BCUT2D eigenvalue weighted by Gasteiger charge is -2.20. The molecule has 0 spiro atoms. The maximum Gasteiger partial charge on any atom is 0.234 e. The van der Waals surface area contributed by atoms with E-state index in [0.717, 1.165) is 12.8 Å². The van der Waals surface area contributed by atoms with Crippen molar-refractivity contribution in [3.63, 3.8) is 0 Å². The first kappa shape index (κ1) is 14.0. The van der Waals surface area contributed by atoms with Gasteiger partial charge < -0.3 is 10.6 Å². The zero-order valence-electron chi connectivity index (χ0n) is 11.0. The summed E-state index contributed by atoms with van der Waals surface area (Å²) in [6.07, 6.45) is 2.18. The zero-order valence-corrected chi connectivity index (χ0v) is 11.0. The number of nitrogens with one attached hydrogen (secondary N) is 2. The lowest BCUT2D eigenvalue weighted by Crippen LogP contribution is -2.44. The molecule has 0 heterocycles. The number of nitrogens with zero attached hydrogens (tertiary/aromatic N) is 1. The predicted octanol–water partition coefficient (Wildman–Crippen LogP) is 0.112. The third kappa shape index (κ3) is 6.26. The number of amides is 2. The first-order valence-electron chi connectivity index (χ1n) is 6.32. The van der Waals surface area contributed by atoms with Gasteiger partial charge in [-0.3, -0.25) is 14.5 Å². The van der Waals surface area contributed by atoms with Crippen LogP contribution in [0.25, 0.3) is 0 Å². The quantitative estimate of drug-likeness (QED) is 0.665. The lowest BCUT2D eigenvalue weighted by molar-refractivity contribution is -0.125. The average molecular weight is 241 g/mol. The molecule has 1 aliphatic rings. The van der Waals surface area contributed by atoms with Crippen LogP contribution in [0.3, 0.4) is 0 Å². The summed E-state index contributed by atoms with van der Waals surface area (Å²) in [6, 6.07) is 0.521. The van der Waals surface area contributed by atoms with Gasteiger partial charge in [-0.1, -0.05) is 6.92 Å². The molecule has 0 atom stereocenters. The van der Waals surface area contributed by atoms with Gasteiger partial charge in [0, 0.05) is 12.1 Å². The zero-order chi connectivity index (χ0) is 12.8. The Labute approximate surface area is 103 Å². The van der Waals surface area contributed by atoms with E-state index in [2.05, 4.69) is 10.6 Å². The number of carbonyl (C=O) groups is 2. The van der Waals surface area contributed by atoms with E-state index in [-0.39, 0.29) is 24.4 Å². The minimum Gasteiger partial charge on any atom is -0.353 e. The molecule has 1 fully saturated rings. The molecule has 2 N–H and O–H groups in total. The Bertz CT molecular complexity index is 257. The van der Waals surface area contributed by atoms with Crippen molar-refractivity contribution in [2.24, 2.45) is 0 Å². The molecule has 98 valence electrons. The molecule has 0 radical (unpaired) electrons. The van der Waals surface area contributed by atoms with Gasteiger partial charge in [0.1, 0.15) is 0 Å². The van der Waals surface area contributed by atoms with E-state index in [1.54, 1.807) is 0 Å². The van der Waals surface area contributed by atoms with E-state index in [9.17, 15) is 9.59 Å². The third-order valence-corrected chi connectivity index (χ3v) is 2.57. The first-order valence-corrected chi connectivity index (χ1v) is 6.32. The van der Waals surface area contributed by atoms with Crippen LogP contribution >= 0.6 is 0 Å². The van der Waals surface area contributed by atoms with Crippen molar-refractivity contribution in [3.05, 3.63) is 0 Å². The fourth-order valence-electron chi connectivity index (χ4n) is 1.55. The summed E-state index contributed by atoms with van der Waals surface area (Å²) in [5, 5.41) is 5.74. The van der Waals surface area contributed by atoms with E-state index in [0.29, 0.717) is 19.1 Å². The number of hydrogen-bond acceptors (Lipinski definition) is 3. The Kier molecular flexibility index (Phi) is 5.41. The number of carbonyl (C=O) groups excluding carboxylic acids is 2. The summed E-state index contributed by atoms with van der Waals surface area (Å²) in [4.78, 5) is 25.0. The Balaban J connectivity index is 2.26. The molecule has 5 heteroatoms. The van der Waals surface area contributed by atoms with Crippen molar-refractivity contribution in [2.45, 2.75) is 45.7 Å². The topological polar surface area (TPSA) is 61.4 Å². The highest BCUT2D eigenvalue weighted by Gasteiger charge is 2.24. The Morgan fingerprint density at radius 1 is 1.24 bits per heavy atom. The summed E-state index contributed by atoms with van der Waals surface area (Å²) < 4.78 is 0. The fourth-order valence-corrected chi connectivity index (χ4v) is 1.55. The first-order chi connectivity index (χ1) is 8.01. The molecule has 2 amide bonds. The van der Waals surface area contributed by atoms with E-state index in [4.69, 9.17) is 0 Å². The minimum absolute atomic E-state index is 0.0201. The Morgan fingerprint density at radius 3 is 2.29 bits per heavy atom. The van der Waals surface area contributed by atoms with Crippen LogP contribution in [0.1, 0.15) is 33.6 Å². The van der Waals surface area contributed by atoms with Crippen LogP contribution in [-0.2, 0) is 9.59 Å². The van der Waals surface area contributed by atoms with Crippen LogP contribution in [0.5, 0.6) is 0 Å². The van der Waals surface area contributed by atoms with Crippen LogP contribution < -0.4 is 10.6 Å². The molecule has 0 aromatic heterocycles. The number of rotatable bonds is 7. The second-order valence-corrected chi connectivity index (χ2v) is 4.87. The van der Waals surface area contributed by atoms with Gasteiger partial charge in [0.25, 0.3) is 0 Å². The number of hydrogen-bond donors (Lipinski definition) is 2. The fraction of sp³-hybridized carbons (Fsp3) is 0.833. The van der Waals surface area contributed by atoms with E-state index in [1.165, 1.54) is 0 Å². The molecule has 0 bridgehead atoms. The monoisotopic (exact) mass is 241 g/mol. The highest BCUT2D eigenvalue weighted by Crippen LogP contribution is 2.18. The van der Waals surface area contributed by atoms with Crippen molar-refractivity contribution in [1.29, 1.82) is 0 Å². The van der Waals surface area contributed by atoms with Crippen molar-refractivity contribution in [1.82, 2.24) is 15.5 Å². The summed E-state index contributed by atoms with van der Waals surface area (Å²) in [5.41, 5.74) is 0. The van der Waals surface area contributed by atoms with Crippen LogP contribution in [-0.4, -0.2) is 48.4 Å².